The molecule has 11 atom stereocenters. The van der Waals surface area contributed by atoms with Gasteiger partial charge in [0.1, 0.15) is 12.7 Å². The molecule has 0 radical (unpaired) electrons. The van der Waals surface area contributed by atoms with Gasteiger partial charge in [0, 0.05) is 38.7 Å². The molecule has 1 heterocycles. The van der Waals surface area contributed by atoms with Crippen LogP contribution in [-0.2, 0) is 57.2 Å². The molecule has 1 N–H and O–H groups in total. The van der Waals surface area contributed by atoms with E-state index in [9.17, 15) is 33.9 Å². The van der Waals surface area contributed by atoms with Crippen molar-refractivity contribution in [1.29, 1.82) is 0 Å². The molecule has 13 nitrogen and oxygen atoms in total. The number of allylic oxidation sites excluding steroid dienone is 7. The molecule has 1 aliphatic heterocycles. The van der Waals surface area contributed by atoms with E-state index in [0.717, 1.165) is 64.0 Å². The summed E-state index contributed by atoms with van der Waals surface area (Å²) in [4.78, 5) is 76.3. The van der Waals surface area contributed by atoms with Gasteiger partial charge in [0.2, 0.25) is 18.2 Å². The fourth-order valence-corrected chi connectivity index (χ4v) is 11.2. The van der Waals surface area contributed by atoms with Crippen LogP contribution in [0.25, 0.3) is 0 Å². The van der Waals surface area contributed by atoms with Crippen molar-refractivity contribution in [3.8, 4) is 0 Å². The highest BCUT2D eigenvalue weighted by molar-refractivity contribution is 6.06. The lowest BCUT2D eigenvalue weighted by molar-refractivity contribution is -0.303. The van der Waals surface area contributed by atoms with Gasteiger partial charge in [-0.15, -0.1) is 0 Å². The minimum absolute atomic E-state index is 0.0718. The van der Waals surface area contributed by atoms with E-state index in [4.69, 9.17) is 28.4 Å². The largest absolute Gasteiger partial charge is 0.504 e. The molecule has 0 spiro atoms. The molecule has 0 aromatic rings. The first-order valence-electron chi connectivity index (χ1n) is 19.6. The molecule has 6 aliphatic rings. The predicted molar refractivity (Wildman–Crippen MR) is 199 cm³/mol. The van der Waals surface area contributed by atoms with Crippen LogP contribution in [-0.4, -0.2) is 78.0 Å². The van der Waals surface area contributed by atoms with E-state index in [1.807, 2.05) is 13.0 Å². The van der Waals surface area contributed by atoms with Crippen molar-refractivity contribution in [3.05, 3.63) is 46.3 Å². The summed E-state index contributed by atoms with van der Waals surface area (Å²) in [6, 6.07) is 0. The van der Waals surface area contributed by atoms with Gasteiger partial charge in [0.25, 0.3) is 0 Å². The summed E-state index contributed by atoms with van der Waals surface area (Å²) in [6.45, 7) is 17.1. The molecule has 6 rings (SSSR count). The fraction of sp³-hybridized carbons (Fsp3) is 0.674. The number of ether oxygens (including phenoxy) is 6. The van der Waals surface area contributed by atoms with E-state index >= 15 is 0 Å². The van der Waals surface area contributed by atoms with Crippen LogP contribution in [0.2, 0.25) is 0 Å². The molecule has 0 aromatic heterocycles. The molecule has 6 unspecified atom stereocenters. The van der Waals surface area contributed by atoms with Gasteiger partial charge in [-0.05, 0) is 98.2 Å². The number of aliphatic hydroxyl groups is 1. The molecule has 0 aromatic carbocycles. The van der Waals surface area contributed by atoms with Crippen molar-refractivity contribution in [2.75, 3.05) is 6.61 Å². The van der Waals surface area contributed by atoms with Crippen molar-refractivity contribution in [2.24, 2.45) is 33.0 Å². The highest BCUT2D eigenvalue weighted by atomic mass is 16.7. The van der Waals surface area contributed by atoms with Gasteiger partial charge in [0.15, 0.2) is 18.0 Å². The number of carbonyl (C=O) groups excluding carboxylic acids is 6. The minimum atomic E-state index is -1.60. The van der Waals surface area contributed by atoms with Gasteiger partial charge >= 0.3 is 29.8 Å². The Bertz CT molecular complexity index is 1870. The van der Waals surface area contributed by atoms with Gasteiger partial charge in [-0.1, -0.05) is 45.4 Å². The van der Waals surface area contributed by atoms with Crippen LogP contribution in [0.5, 0.6) is 0 Å². The summed E-state index contributed by atoms with van der Waals surface area (Å²) in [7, 11) is 0. The smallest absolute Gasteiger partial charge is 0.314 e. The Morgan fingerprint density at radius 3 is 2.00 bits per heavy atom. The van der Waals surface area contributed by atoms with Crippen LogP contribution in [0.15, 0.2) is 46.3 Å². The van der Waals surface area contributed by atoms with Crippen LogP contribution >= 0.6 is 0 Å². The summed E-state index contributed by atoms with van der Waals surface area (Å²) in [5, 5.41) is 10.5. The number of hydrogen-bond donors (Lipinski definition) is 1. The first-order chi connectivity index (χ1) is 26.0. The highest BCUT2D eigenvalue weighted by Gasteiger charge is 2.68. The SMILES string of the molecule is CC(=O)OCC1OC(OC(=O)[C@]2(C)CC[C@]3(C)CC[C@]4(C)C5=CC=C6C(=CC(=O)C(O)=C6C)[C@]5(C)CC[C@@]4(C)C3C2)C(OC(C)=O)C(OC(C)=O)C1OC(C)=O. The lowest BCUT2D eigenvalue weighted by Gasteiger charge is -2.70. The third kappa shape index (κ3) is 6.71. The second-order valence-corrected chi connectivity index (χ2v) is 18.1. The van der Waals surface area contributed by atoms with Crippen molar-refractivity contribution >= 4 is 35.6 Å². The molecule has 306 valence electrons. The summed E-state index contributed by atoms with van der Waals surface area (Å²) >= 11 is 0. The summed E-state index contributed by atoms with van der Waals surface area (Å²) in [6.07, 6.45) is 3.97. The molecule has 1 saturated heterocycles. The minimum Gasteiger partial charge on any atom is -0.504 e. The number of ketones is 1. The predicted octanol–water partition coefficient (Wildman–Crippen LogP) is 6.24. The lowest BCUT2D eigenvalue weighted by Crippen LogP contribution is -2.64. The molecule has 4 fully saturated rings. The maximum atomic E-state index is 14.6. The van der Waals surface area contributed by atoms with Gasteiger partial charge in [-0.3, -0.25) is 28.8 Å². The van der Waals surface area contributed by atoms with E-state index in [1.165, 1.54) is 12.5 Å². The zero-order valence-corrected chi connectivity index (χ0v) is 34.2. The van der Waals surface area contributed by atoms with Crippen molar-refractivity contribution in [3.63, 3.8) is 0 Å². The molecule has 3 saturated carbocycles. The van der Waals surface area contributed by atoms with E-state index < -0.39 is 78.0 Å². The zero-order valence-electron chi connectivity index (χ0n) is 34.2. The summed E-state index contributed by atoms with van der Waals surface area (Å²) in [5.41, 5.74) is 1.70. The zero-order chi connectivity index (χ0) is 41.3. The molecule has 13 heteroatoms. The maximum absolute atomic E-state index is 14.6. The Hall–Kier alpha value is -4.26. The Balaban J connectivity index is 1.32. The molecular weight excluding hydrogens is 724 g/mol. The molecule has 56 heavy (non-hydrogen) atoms. The van der Waals surface area contributed by atoms with Crippen LogP contribution in [0.1, 0.15) is 114 Å². The van der Waals surface area contributed by atoms with Gasteiger partial charge in [0.05, 0.1) is 5.41 Å². The normalized spacial score (nSPS) is 40.2. The number of rotatable bonds is 7. The van der Waals surface area contributed by atoms with E-state index in [-0.39, 0.29) is 33.7 Å². The second-order valence-electron chi connectivity index (χ2n) is 18.1. The van der Waals surface area contributed by atoms with E-state index in [1.54, 1.807) is 13.0 Å². The third-order valence-corrected chi connectivity index (χ3v) is 14.5. The van der Waals surface area contributed by atoms with Crippen molar-refractivity contribution in [1.82, 2.24) is 0 Å². The number of carbonyl (C=O) groups is 6. The van der Waals surface area contributed by atoms with Gasteiger partial charge < -0.3 is 33.5 Å². The lowest BCUT2D eigenvalue weighted by atomic mass is 9.34. The average molecular weight is 781 g/mol. The highest BCUT2D eigenvalue weighted by Crippen LogP contribution is 2.75. The molecule has 0 bridgehead atoms. The monoisotopic (exact) mass is 780 g/mol. The standard InChI is InChI=1S/C43H56O13/c1-22-27-11-12-31-41(8,28(27)19-29(48)33(22)49)16-18-43(10)32-20-40(7,14-13-39(32,6)15-17-42(31,43)9)38(50)56-37-36(54-26(5)47)35(53-25(4)46)34(52-24(3)45)30(55-37)21-51-23(2)44/h11-12,19,30,32,34-37,49H,13-18,20-21H2,1-10H3/t30?,32?,34?,35?,36?,37?,39-,40-,41+,42-,43+/m1/s1. The summed E-state index contributed by atoms with van der Waals surface area (Å²) < 4.78 is 34.1. The Morgan fingerprint density at radius 1 is 0.768 bits per heavy atom. The van der Waals surface area contributed by atoms with E-state index in [2.05, 4.69) is 33.8 Å². The Labute approximate surface area is 328 Å². The quantitative estimate of drug-likeness (QED) is 0.227. The average Bonchev–Trinajstić information content (AvgIpc) is 3.10. The Kier molecular flexibility index (Phi) is 10.6. The second kappa shape index (κ2) is 14.3. The molecular formula is C43H56O13. The van der Waals surface area contributed by atoms with Gasteiger partial charge in [-0.2, -0.15) is 0 Å². The van der Waals surface area contributed by atoms with Crippen LogP contribution in [0, 0.1) is 33.0 Å². The number of esters is 5. The maximum Gasteiger partial charge on any atom is 0.314 e. The van der Waals surface area contributed by atoms with E-state index in [0.29, 0.717) is 18.4 Å². The topological polar surface area (TPSA) is 178 Å². The van der Waals surface area contributed by atoms with Crippen LogP contribution in [0.3, 0.4) is 0 Å². The number of fused-ring (bicyclic) bond motifs is 7. The number of hydrogen-bond acceptors (Lipinski definition) is 13. The van der Waals surface area contributed by atoms with Crippen molar-refractivity contribution < 1.29 is 62.3 Å². The molecule has 5 aliphatic carbocycles. The van der Waals surface area contributed by atoms with Crippen LogP contribution in [0.4, 0.5) is 0 Å². The Morgan fingerprint density at radius 2 is 1.38 bits per heavy atom. The first kappa shape index (κ1) is 41.4. The molecule has 0 amide bonds. The van der Waals surface area contributed by atoms with Crippen molar-refractivity contribution in [2.45, 2.75) is 145 Å². The third-order valence-electron chi connectivity index (χ3n) is 14.5. The summed E-state index contributed by atoms with van der Waals surface area (Å²) in [5.74, 6) is -4.07. The van der Waals surface area contributed by atoms with Crippen LogP contribution < -0.4 is 0 Å². The fourth-order valence-electron chi connectivity index (χ4n) is 11.2. The number of aliphatic hydroxyl groups excluding tert-OH is 1. The first-order valence-corrected chi connectivity index (χ1v) is 19.6. The van der Waals surface area contributed by atoms with Gasteiger partial charge in [-0.25, -0.2) is 0 Å².